The van der Waals surface area contributed by atoms with E-state index in [0.717, 1.165) is 67.7 Å². The summed E-state index contributed by atoms with van der Waals surface area (Å²) in [7, 11) is 0. The Labute approximate surface area is 193 Å². The first-order valence-electron chi connectivity index (χ1n) is 11.1. The molecule has 0 spiro atoms. The lowest BCUT2D eigenvalue weighted by Crippen LogP contribution is -2.18. The summed E-state index contributed by atoms with van der Waals surface area (Å²) < 4.78 is 0. The summed E-state index contributed by atoms with van der Waals surface area (Å²) in [5, 5.41) is 8.87. The van der Waals surface area contributed by atoms with E-state index in [0.29, 0.717) is 10.8 Å². The molecule has 0 saturated carbocycles. The maximum atomic E-state index is 13.1. The first-order chi connectivity index (χ1) is 15.6. The van der Waals surface area contributed by atoms with E-state index >= 15 is 0 Å². The Kier molecular flexibility index (Phi) is 7.17. The third kappa shape index (κ3) is 5.53. The van der Waals surface area contributed by atoms with Gasteiger partial charge in [0.1, 0.15) is 5.82 Å². The zero-order valence-electron chi connectivity index (χ0n) is 18.4. The Balaban J connectivity index is 1.38. The fourth-order valence-electron chi connectivity index (χ4n) is 3.95. The van der Waals surface area contributed by atoms with E-state index < -0.39 is 0 Å². The van der Waals surface area contributed by atoms with Crippen molar-refractivity contribution in [3.8, 4) is 0 Å². The number of carbonyl (C=O) groups excluding carboxylic acids is 1. The molecule has 1 aliphatic carbocycles. The van der Waals surface area contributed by atoms with Gasteiger partial charge in [-0.2, -0.15) is 0 Å². The van der Waals surface area contributed by atoms with Gasteiger partial charge in [0.15, 0.2) is 5.13 Å². The van der Waals surface area contributed by atoms with Gasteiger partial charge in [0, 0.05) is 23.9 Å². The molecule has 1 aliphatic rings. The van der Waals surface area contributed by atoms with Gasteiger partial charge in [0.2, 0.25) is 0 Å². The van der Waals surface area contributed by atoms with Crippen LogP contribution in [0.3, 0.4) is 0 Å². The summed E-state index contributed by atoms with van der Waals surface area (Å²) in [5.74, 6) is 0.739. The number of nitrogens with zero attached hydrogens (tertiary/aromatic N) is 2. The number of benzene rings is 1. The first kappa shape index (κ1) is 22.0. The third-order valence-corrected chi connectivity index (χ3v) is 6.45. The van der Waals surface area contributed by atoms with Crippen molar-refractivity contribution in [2.45, 2.75) is 45.4 Å². The van der Waals surface area contributed by atoms with Gasteiger partial charge in [-0.25, -0.2) is 9.97 Å². The predicted octanol–water partition coefficient (Wildman–Crippen LogP) is 5.30. The number of carbonyl (C=O) groups is 1. The number of nitrogen functional groups attached to an aromatic ring is 1. The normalized spacial score (nSPS) is 13.8. The predicted molar refractivity (Wildman–Crippen MR) is 133 cm³/mol. The number of amides is 1. The molecule has 4 N–H and O–H groups in total. The average Bonchev–Trinajstić information content (AvgIpc) is 3.25. The summed E-state index contributed by atoms with van der Waals surface area (Å²) in [4.78, 5) is 21.7. The van der Waals surface area contributed by atoms with Gasteiger partial charge >= 0.3 is 0 Å². The van der Waals surface area contributed by atoms with Crippen molar-refractivity contribution < 1.29 is 4.79 Å². The highest BCUT2D eigenvalue weighted by molar-refractivity contribution is 7.13. The van der Waals surface area contributed by atoms with Gasteiger partial charge in [-0.1, -0.05) is 31.2 Å². The molecule has 4 rings (SSSR count). The number of anilines is 3. The Hall–Kier alpha value is -3.19. The van der Waals surface area contributed by atoms with Crippen LogP contribution in [-0.4, -0.2) is 22.4 Å². The van der Waals surface area contributed by atoms with Gasteiger partial charge < -0.3 is 16.4 Å². The molecule has 0 aliphatic heterocycles. The molecule has 0 bridgehead atoms. The Morgan fingerprint density at radius 2 is 1.94 bits per heavy atom. The van der Waals surface area contributed by atoms with Crippen LogP contribution < -0.4 is 16.4 Å². The van der Waals surface area contributed by atoms with E-state index in [1.54, 1.807) is 6.20 Å². The lowest BCUT2D eigenvalue weighted by molar-refractivity contribution is -0.113. The van der Waals surface area contributed by atoms with Gasteiger partial charge in [-0.05, 0) is 60.9 Å². The van der Waals surface area contributed by atoms with Crippen LogP contribution in [0.5, 0.6) is 0 Å². The van der Waals surface area contributed by atoms with E-state index in [9.17, 15) is 4.79 Å². The van der Waals surface area contributed by atoms with E-state index in [1.807, 2.05) is 17.5 Å². The minimum atomic E-state index is -0.0251. The third-order valence-electron chi connectivity index (χ3n) is 5.73. The van der Waals surface area contributed by atoms with Crippen LogP contribution in [-0.2, 0) is 17.6 Å². The van der Waals surface area contributed by atoms with Crippen LogP contribution >= 0.6 is 11.3 Å². The number of pyridine rings is 1. The Bertz CT molecular complexity index is 1090. The van der Waals surface area contributed by atoms with Crippen molar-refractivity contribution in [1.82, 2.24) is 9.97 Å². The number of aromatic nitrogens is 2. The molecule has 3 aromatic rings. The Morgan fingerprint density at radius 1 is 1.12 bits per heavy atom. The second-order valence-electron chi connectivity index (χ2n) is 7.95. The zero-order chi connectivity index (χ0) is 22.3. The molecule has 1 amide bonds. The number of thiazole rings is 1. The molecule has 0 saturated heterocycles. The van der Waals surface area contributed by atoms with Crippen LogP contribution in [0.15, 0.2) is 53.5 Å². The van der Waals surface area contributed by atoms with Crippen molar-refractivity contribution >= 4 is 39.5 Å². The molecule has 166 valence electrons. The van der Waals surface area contributed by atoms with Gasteiger partial charge in [0.05, 0.1) is 17.6 Å². The highest BCUT2D eigenvalue weighted by Gasteiger charge is 2.20. The summed E-state index contributed by atoms with van der Waals surface area (Å²) in [6, 6.07) is 12.4. The van der Waals surface area contributed by atoms with Crippen molar-refractivity contribution in [3.63, 3.8) is 0 Å². The highest BCUT2D eigenvalue weighted by Crippen LogP contribution is 2.33. The molecular weight excluding hydrogens is 418 g/mol. The molecule has 0 fully saturated rings. The number of hydrogen-bond donors (Lipinski definition) is 3. The second kappa shape index (κ2) is 10.4. The van der Waals surface area contributed by atoms with E-state index in [1.165, 1.54) is 22.5 Å². The molecule has 0 unspecified atom stereocenters. The van der Waals surface area contributed by atoms with Crippen LogP contribution in [0, 0.1) is 0 Å². The lowest BCUT2D eigenvalue weighted by atomic mass is 9.86. The summed E-state index contributed by atoms with van der Waals surface area (Å²) in [6.45, 7) is 2.87. The molecule has 1 aromatic carbocycles. The van der Waals surface area contributed by atoms with E-state index in [-0.39, 0.29) is 5.91 Å². The minimum absolute atomic E-state index is 0.0251. The van der Waals surface area contributed by atoms with Crippen molar-refractivity contribution in [1.29, 1.82) is 0 Å². The van der Waals surface area contributed by atoms with E-state index in [2.05, 4.69) is 51.8 Å². The SMILES string of the molecule is CCc1ccc(C2=C(C(=O)Nc3ccc(NCCc4csc(N)n4)nc3)CCCC2)cc1. The second-order valence-corrected chi connectivity index (χ2v) is 8.84. The number of allylic oxidation sites excluding steroid dienone is 1. The maximum absolute atomic E-state index is 13.1. The Morgan fingerprint density at radius 3 is 2.62 bits per heavy atom. The minimum Gasteiger partial charge on any atom is -0.375 e. The van der Waals surface area contributed by atoms with Crippen molar-refractivity contribution in [2.24, 2.45) is 0 Å². The summed E-state index contributed by atoms with van der Waals surface area (Å²) >= 11 is 1.45. The number of aryl methyl sites for hydroxylation is 1. The molecule has 32 heavy (non-hydrogen) atoms. The molecule has 0 atom stereocenters. The number of rotatable bonds is 8. The molecule has 0 radical (unpaired) electrons. The number of nitrogens with one attached hydrogen (secondary N) is 2. The number of nitrogens with two attached hydrogens (primary N) is 1. The summed E-state index contributed by atoms with van der Waals surface area (Å²) in [5.41, 5.74) is 11.9. The monoisotopic (exact) mass is 447 g/mol. The summed E-state index contributed by atoms with van der Waals surface area (Å²) in [6.07, 6.45) is 7.42. The molecule has 2 heterocycles. The largest absolute Gasteiger partial charge is 0.375 e. The highest BCUT2D eigenvalue weighted by atomic mass is 32.1. The van der Waals surface area contributed by atoms with Crippen LogP contribution in [0.2, 0.25) is 0 Å². The van der Waals surface area contributed by atoms with Crippen LogP contribution in [0.25, 0.3) is 5.57 Å². The average molecular weight is 448 g/mol. The number of hydrogen-bond acceptors (Lipinski definition) is 6. The lowest BCUT2D eigenvalue weighted by Gasteiger charge is -2.20. The quantitative estimate of drug-likeness (QED) is 0.435. The van der Waals surface area contributed by atoms with Crippen molar-refractivity contribution in [2.75, 3.05) is 22.9 Å². The fraction of sp³-hybridized carbons (Fsp3) is 0.320. The molecule has 6 nitrogen and oxygen atoms in total. The smallest absolute Gasteiger partial charge is 0.251 e. The first-order valence-corrected chi connectivity index (χ1v) is 12.0. The molecule has 2 aromatic heterocycles. The van der Waals surface area contributed by atoms with Crippen LogP contribution in [0.4, 0.5) is 16.6 Å². The topological polar surface area (TPSA) is 92.9 Å². The van der Waals surface area contributed by atoms with Gasteiger partial charge in [-0.15, -0.1) is 11.3 Å². The zero-order valence-corrected chi connectivity index (χ0v) is 19.2. The molecular formula is C25H29N5OS. The van der Waals surface area contributed by atoms with Gasteiger partial charge in [0.25, 0.3) is 5.91 Å². The van der Waals surface area contributed by atoms with E-state index in [4.69, 9.17) is 5.73 Å². The van der Waals surface area contributed by atoms with Gasteiger partial charge in [-0.3, -0.25) is 4.79 Å². The standard InChI is InChI=1S/C25H29N5OS/c1-2-17-7-9-18(10-8-17)21-5-3-4-6-22(21)24(31)29-19-11-12-23(28-15-19)27-14-13-20-16-32-25(26)30-20/h7-12,15-16H,2-6,13-14H2,1H3,(H2,26,30)(H,27,28)(H,29,31). The fourth-order valence-corrected chi connectivity index (χ4v) is 4.55. The molecule has 7 heteroatoms. The maximum Gasteiger partial charge on any atom is 0.251 e. The van der Waals surface area contributed by atoms with Crippen molar-refractivity contribution in [3.05, 3.63) is 70.4 Å². The van der Waals surface area contributed by atoms with Crippen LogP contribution in [0.1, 0.15) is 49.4 Å².